The first-order valence-electron chi connectivity index (χ1n) is 7.08. The maximum Gasteiger partial charge on any atom is 0.317 e. The average molecular weight is 280 g/mol. The molecule has 5 heteroatoms. The molecule has 2 fully saturated rings. The van der Waals surface area contributed by atoms with E-state index in [1.165, 1.54) is 18.9 Å². The summed E-state index contributed by atoms with van der Waals surface area (Å²) >= 11 is 0. The molecule has 3 nitrogen and oxygen atoms in total. The molecular weight excluding hydrogens is 262 g/mol. The van der Waals surface area contributed by atoms with Gasteiger partial charge in [0.2, 0.25) is 0 Å². The SMILES string of the molecule is O=C(NCC1CC1)N1CC(Cc2ccc(F)c(F)c2)C1. The maximum absolute atomic E-state index is 13.1. The predicted molar refractivity (Wildman–Crippen MR) is 71.2 cm³/mol. The molecule has 1 aromatic rings. The lowest BCUT2D eigenvalue weighted by Crippen LogP contribution is -2.54. The third-order valence-electron chi connectivity index (χ3n) is 3.99. The average Bonchev–Trinajstić information content (AvgIpc) is 3.18. The number of benzene rings is 1. The lowest BCUT2D eigenvalue weighted by molar-refractivity contribution is 0.120. The first kappa shape index (κ1) is 13.3. The van der Waals surface area contributed by atoms with Crippen LogP contribution < -0.4 is 5.32 Å². The largest absolute Gasteiger partial charge is 0.338 e. The second-order valence-electron chi connectivity index (χ2n) is 5.85. The van der Waals surface area contributed by atoms with Crippen LogP contribution in [0.1, 0.15) is 18.4 Å². The van der Waals surface area contributed by atoms with Crippen LogP contribution in [0.5, 0.6) is 0 Å². The summed E-state index contributed by atoms with van der Waals surface area (Å²) in [5, 5.41) is 2.92. The van der Waals surface area contributed by atoms with Crippen LogP contribution >= 0.6 is 0 Å². The molecule has 0 spiro atoms. The van der Waals surface area contributed by atoms with Crippen molar-refractivity contribution in [2.24, 2.45) is 11.8 Å². The molecule has 1 aliphatic carbocycles. The standard InChI is InChI=1S/C15H18F2N2O/c16-13-4-3-11(6-14(13)17)5-12-8-19(9-12)15(20)18-7-10-1-2-10/h3-4,6,10,12H,1-2,5,7-9H2,(H,18,20). The quantitative estimate of drug-likeness (QED) is 0.903. The molecule has 2 amide bonds. The molecule has 1 saturated carbocycles. The van der Waals surface area contributed by atoms with Crippen molar-refractivity contribution in [3.8, 4) is 0 Å². The number of rotatable bonds is 4. The van der Waals surface area contributed by atoms with Crippen LogP contribution in [-0.4, -0.2) is 30.6 Å². The highest BCUT2D eigenvalue weighted by atomic mass is 19.2. The zero-order chi connectivity index (χ0) is 14.1. The molecular formula is C15H18F2N2O. The monoisotopic (exact) mass is 280 g/mol. The fraction of sp³-hybridized carbons (Fsp3) is 0.533. The van der Waals surface area contributed by atoms with Crippen LogP contribution in [0.3, 0.4) is 0 Å². The van der Waals surface area contributed by atoms with E-state index in [1.807, 2.05) is 0 Å². The normalized spacial score (nSPS) is 18.8. The number of amides is 2. The van der Waals surface area contributed by atoms with E-state index in [1.54, 1.807) is 11.0 Å². The molecule has 0 aromatic heterocycles. The lowest BCUT2D eigenvalue weighted by atomic mass is 9.92. The second-order valence-corrected chi connectivity index (χ2v) is 5.85. The minimum atomic E-state index is -0.816. The third kappa shape index (κ3) is 3.08. The maximum atomic E-state index is 13.1. The topological polar surface area (TPSA) is 32.3 Å². The zero-order valence-corrected chi connectivity index (χ0v) is 11.2. The number of carbonyl (C=O) groups excluding carboxylic acids is 1. The number of nitrogens with one attached hydrogen (secondary N) is 1. The molecule has 20 heavy (non-hydrogen) atoms. The minimum Gasteiger partial charge on any atom is -0.338 e. The van der Waals surface area contributed by atoms with E-state index in [-0.39, 0.29) is 6.03 Å². The molecule has 0 unspecified atom stereocenters. The molecule has 1 N–H and O–H groups in total. The van der Waals surface area contributed by atoms with E-state index in [4.69, 9.17) is 0 Å². The molecule has 2 aliphatic rings. The Morgan fingerprint density at radius 1 is 1.20 bits per heavy atom. The van der Waals surface area contributed by atoms with Crippen molar-refractivity contribution in [2.45, 2.75) is 19.3 Å². The Labute approximate surface area is 117 Å². The Morgan fingerprint density at radius 2 is 1.95 bits per heavy atom. The smallest absolute Gasteiger partial charge is 0.317 e. The summed E-state index contributed by atoms with van der Waals surface area (Å²) < 4.78 is 25.9. The highest BCUT2D eigenvalue weighted by molar-refractivity contribution is 5.75. The summed E-state index contributed by atoms with van der Waals surface area (Å²) in [7, 11) is 0. The van der Waals surface area contributed by atoms with Crippen molar-refractivity contribution < 1.29 is 13.6 Å². The number of nitrogens with zero attached hydrogens (tertiary/aromatic N) is 1. The molecule has 1 saturated heterocycles. The minimum absolute atomic E-state index is 0.00145. The van der Waals surface area contributed by atoms with E-state index in [0.717, 1.165) is 18.2 Å². The fourth-order valence-corrected chi connectivity index (χ4v) is 2.53. The van der Waals surface area contributed by atoms with Gasteiger partial charge in [-0.1, -0.05) is 6.07 Å². The van der Waals surface area contributed by atoms with Crippen molar-refractivity contribution in [2.75, 3.05) is 19.6 Å². The van der Waals surface area contributed by atoms with Crippen LogP contribution in [0.4, 0.5) is 13.6 Å². The predicted octanol–water partition coefficient (Wildman–Crippen LogP) is 2.56. The molecule has 0 bridgehead atoms. The fourth-order valence-electron chi connectivity index (χ4n) is 2.53. The van der Waals surface area contributed by atoms with Gasteiger partial charge in [0.25, 0.3) is 0 Å². The first-order valence-corrected chi connectivity index (χ1v) is 7.08. The van der Waals surface area contributed by atoms with Crippen LogP contribution in [0.15, 0.2) is 18.2 Å². The van der Waals surface area contributed by atoms with Crippen LogP contribution in [0, 0.1) is 23.5 Å². The van der Waals surface area contributed by atoms with Gasteiger partial charge in [-0.25, -0.2) is 13.6 Å². The van der Waals surface area contributed by atoms with Gasteiger partial charge in [0.15, 0.2) is 11.6 Å². The van der Waals surface area contributed by atoms with Gasteiger partial charge in [0, 0.05) is 19.6 Å². The molecule has 1 heterocycles. The summed E-state index contributed by atoms with van der Waals surface area (Å²) in [4.78, 5) is 13.5. The Morgan fingerprint density at radius 3 is 2.60 bits per heavy atom. The number of hydrogen-bond acceptors (Lipinski definition) is 1. The lowest BCUT2D eigenvalue weighted by Gasteiger charge is -2.39. The van der Waals surface area contributed by atoms with Gasteiger partial charge < -0.3 is 10.2 Å². The number of likely N-dealkylation sites (tertiary alicyclic amines) is 1. The molecule has 108 valence electrons. The van der Waals surface area contributed by atoms with Gasteiger partial charge in [-0.3, -0.25) is 0 Å². The van der Waals surface area contributed by atoms with Gasteiger partial charge in [0.05, 0.1) is 0 Å². The number of urea groups is 1. The van der Waals surface area contributed by atoms with E-state index < -0.39 is 11.6 Å². The second kappa shape index (κ2) is 5.38. The number of halogens is 2. The van der Waals surface area contributed by atoms with E-state index in [2.05, 4.69) is 5.32 Å². The summed E-state index contributed by atoms with van der Waals surface area (Å²) in [6.45, 7) is 2.16. The Hall–Kier alpha value is -1.65. The molecule has 1 aliphatic heterocycles. The zero-order valence-electron chi connectivity index (χ0n) is 11.2. The van der Waals surface area contributed by atoms with E-state index in [9.17, 15) is 13.6 Å². The number of hydrogen-bond donors (Lipinski definition) is 1. The third-order valence-corrected chi connectivity index (χ3v) is 3.99. The first-order chi connectivity index (χ1) is 9.61. The van der Waals surface area contributed by atoms with Gasteiger partial charge in [-0.2, -0.15) is 0 Å². The number of carbonyl (C=O) groups is 1. The van der Waals surface area contributed by atoms with Crippen LogP contribution in [0.25, 0.3) is 0 Å². The van der Waals surface area contributed by atoms with Crippen molar-refractivity contribution in [3.05, 3.63) is 35.4 Å². The van der Waals surface area contributed by atoms with E-state index in [0.29, 0.717) is 31.3 Å². The van der Waals surface area contributed by atoms with Crippen LogP contribution in [-0.2, 0) is 6.42 Å². The Kier molecular flexibility index (Phi) is 3.59. The molecule has 1 aromatic carbocycles. The molecule has 0 atom stereocenters. The summed E-state index contributed by atoms with van der Waals surface area (Å²) in [6.07, 6.45) is 3.13. The van der Waals surface area contributed by atoms with E-state index >= 15 is 0 Å². The van der Waals surface area contributed by atoms with Crippen molar-refractivity contribution in [3.63, 3.8) is 0 Å². The van der Waals surface area contributed by atoms with Crippen LogP contribution in [0.2, 0.25) is 0 Å². The Balaban J connectivity index is 1.42. The van der Waals surface area contributed by atoms with Gasteiger partial charge in [-0.05, 0) is 48.8 Å². The van der Waals surface area contributed by atoms with Gasteiger partial charge in [0.1, 0.15) is 0 Å². The van der Waals surface area contributed by atoms with Crippen molar-refractivity contribution in [1.82, 2.24) is 10.2 Å². The summed E-state index contributed by atoms with van der Waals surface area (Å²) in [5.74, 6) is -0.603. The highest BCUT2D eigenvalue weighted by Gasteiger charge is 2.31. The summed E-state index contributed by atoms with van der Waals surface area (Å²) in [5.41, 5.74) is 0.784. The van der Waals surface area contributed by atoms with Crippen molar-refractivity contribution >= 4 is 6.03 Å². The van der Waals surface area contributed by atoms with Gasteiger partial charge in [-0.15, -0.1) is 0 Å². The highest BCUT2D eigenvalue weighted by Crippen LogP contribution is 2.28. The Bertz CT molecular complexity index is 511. The summed E-state index contributed by atoms with van der Waals surface area (Å²) in [6, 6.07) is 4.00. The van der Waals surface area contributed by atoms with Crippen molar-refractivity contribution in [1.29, 1.82) is 0 Å². The van der Waals surface area contributed by atoms with Gasteiger partial charge >= 0.3 is 6.03 Å². The molecule has 3 rings (SSSR count). The molecule has 0 radical (unpaired) electrons.